The average Bonchev–Trinajstić information content (AvgIpc) is 3.21. The van der Waals surface area contributed by atoms with Gasteiger partial charge in [0.15, 0.2) is 0 Å². The maximum absolute atomic E-state index is 6.18. The van der Waals surface area contributed by atoms with E-state index in [1.54, 1.807) is 17.6 Å². The Morgan fingerprint density at radius 1 is 1.12 bits per heavy atom. The molecule has 0 saturated carbocycles. The molecule has 1 aromatic carbocycles. The Hall–Kier alpha value is -2.93. The average molecular weight is 337 g/mol. The Bertz CT molecular complexity index is 937. The fourth-order valence-corrected chi connectivity index (χ4v) is 3.57. The third-order valence-corrected chi connectivity index (χ3v) is 4.68. The quantitative estimate of drug-likeness (QED) is 0.588. The predicted octanol–water partition coefficient (Wildman–Crippen LogP) is 3.85. The maximum atomic E-state index is 6.18. The monoisotopic (exact) mass is 337 g/mol. The second-order valence-electron chi connectivity index (χ2n) is 5.31. The van der Waals surface area contributed by atoms with Crippen LogP contribution in [0, 0.1) is 6.92 Å². The summed E-state index contributed by atoms with van der Waals surface area (Å²) in [5.41, 5.74) is 8.72. The van der Waals surface area contributed by atoms with Gasteiger partial charge in [0.1, 0.15) is 16.6 Å². The molecule has 0 radical (unpaired) electrons. The van der Waals surface area contributed by atoms with Crippen molar-refractivity contribution >= 4 is 33.3 Å². The van der Waals surface area contributed by atoms with Gasteiger partial charge >= 0.3 is 0 Å². The Labute approximate surface area is 142 Å². The van der Waals surface area contributed by atoms with Crippen molar-refractivity contribution in [3.8, 4) is 10.6 Å². The van der Waals surface area contributed by atoms with E-state index in [0.29, 0.717) is 18.3 Å². The minimum absolute atomic E-state index is 0.420. The van der Waals surface area contributed by atoms with Gasteiger partial charge in [-0.05, 0) is 31.2 Å². The predicted molar refractivity (Wildman–Crippen MR) is 95.8 cm³/mol. The third kappa shape index (κ3) is 2.69. The van der Waals surface area contributed by atoms with Crippen molar-refractivity contribution in [2.75, 3.05) is 11.1 Å². The number of nitrogens with two attached hydrogens (primary N) is 1. The highest BCUT2D eigenvalue weighted by atomic mass is 32.1. The number of nitrogens with one attached hydrogen (secondary N) is 1. The van der Waals surface area contributed by atoms with Crippen molar-refractivity contribution in [3.05, 3.63) is 54.1 Å². The number of hydrogen-bond donors (Lipinski definition) is 2. The van der Waals surface area contributed by atoms with Crippen molar-refractivity contribution in [2.45, 2.75) is 13.5 Å². The van der Waals surface area contributed by atoms with E-state index < -0.39 is 0 Å². The van der Waals surface area contributed by atoms with E-state index in [2.05, 4.69) is 20.3 Å². The molecule has 6 nitrogen and oxygen atoms in total. The number of para-hydroxylation sites is 1. The summed E-state index contributed by atoms with van der Waals surface area (Å²) >= 11 is 1.59. The highest BCUT2D eigenvalue weighted by Crippen LogP contribution is 2.34. The van der Waals surface area contributed by atoms with E-state index in [1.165, 1.54) is 0 Å². The van der Waals surface area contributed by atoms with E-state index >= 15 is 0 Å². The van der Waals surface area contributed by atoms with Gasteiger partial charge in [0.2, 0.25) is 5.95 Å². The molecule has 24 heavy (non-hydrogen) atoms. The van der Waals surface area contributed by atoms with Gasteiger partial charge < -0.3 is 15.5 Å². The van der Waals surface area contributed by atoms with Crippen LogP contribution in [0.1, 0.15) is 11.5 Å². The Balaban J connectivity index is 1.66. The molecule has 0 aliphatic heterocycles. The van der Waals surface area contributed by atoms with Gasteiger partial charge in [-0.1, -0.05) is 12.1 Å². The molecule has 0 spiro atoms. The lowest BCUT2D eigenvalue weighted by atomic mass is 10.2. The molecular weight excluding hydrogens is 322 g/mol. The molecule has 0 aliphatic carbocycles. The maximum Gasteiger partial charge on any atom is 0.225 e. The number of fused-ring (bicyclic) bond motifs is 1. The Kier molecular flexibility index (Phi) is 3.62. The van der Waals surface area contributed by atoms with Crippen LogP contribution in [0.2, 0.25) is 0 Å². The van der Waals surface area contributed by atoms with Crippen molar-refractivity contribution in [1.82, 2.24) is 15.0 Å². The minimum atomic E-state index is 0.420. The molecule has 3 heterocycles. The zero-order valence-electron chi connectivity index (χ0n) is 13.0. The number of furan rings is 1. The van der Waals surface area contributed by atoms with E-state index in [4.69, 9.17) is 10.2 Å². The second kappa shape index (κ2) is 5.93. The largest absolute Gasteiger partial charge is 0.467 e. The van der Waals surface area contributed by atoms with Gasteiger partial charge in [0.25, 0.3) is 0 Å². The van der Waals surface area contributed by atoms with Gasteiger partial charge in [0.05, 0.1) is 34.3 Å². The lowest BCUT2D eigenvalue weighted by molar-refractivity contribution is 0.517. The third-order valence-electron chi connectivity index (χ3n) is 3.63. The summed E-state index contributed by atoms with van der Waals surface area (Å²) in [6.45, 7) is 2.42. The fraction of sp³-hybridized carbons (Fsp3) is 0.118. The molecule has 3 N–H and O–H groups in total. The number of anilines is 2. The lowest BCUT2D eigenvalue weighted by Crippen LogP contribution is -2.07. The molecule has 7 heteroatoms. The van der Waals surface area contributed by atoms with Crippen LogP contribution in [-0.4, -0.2) is 15.0 Å². The summed E-state index contributed by atoms with van der Waals surface area (Å²) in [5.74, 6) is 1.71. The molecular formula is C17H15N5OS. The first-order valence-electron chi connectivity index (χ1n) is 7.47. The number of nitrogens with zero attached hydrogens (tertiary/aromatic N) is 3. The molecule has 0 amide bonds. The molecule has 0 saturated heterocycles. The summed E-state index contributed by atoms with van der Waals surface area (Å²) in [6, 6.07) is 11.7. The highest BCUT2D eigenvalue weighted by Gasteiger charge is 2.15. The van der Waals surface area contributed by atoms with Crippen LogP contribution >= 0.6 is 11.3 Å². The molecule has 0 fully saturated rings. The van der Waals surface area contributed by atoms with E-state index in [1.807, 2.05) is 43.3 Å². The zero-order valence-corrected chi connectivity index (χ0v) is 13.8. The normalized spacial score (nSPS) is 11.0. The number of aromatic nitrogens is 3. The smallest absolute Gasteiger partial charge is 0.225 e. The van der Waals surface area contributed by atoms with Crippen molar-refractivity contribution in [2.24, 2.45) is 0 Å². The number of rotatable bonds is 4. The van der Waals surface area contributed by atoms with Gasteiger partial charge in [-0.2, -0.15) is 4.98 Å². The number of benzene rings is 1. The number of thiazole rings is 1. The molecule has 0 aliphatic rings. The lowest BCUT2D eigenvalue weighted by Gasteiger charge is -2.09. The van der Waals surface area contributed by atoms with Crippen LogP contribution in [0.5, 0.6) is 0 Å². The van der Waals surface area contributed by atoms with Crippen molar-refractivity contribution in [1.29, 1.82) is 0 Å². The molecule has 4 rings (SSSR count). The molecule has 0 atom stereocenters. The minimum Gasteiger partial charge on any atom is -0.467 e. The number of nitrogen functional groups attached to an aromatic ring is 1. The zero-order chi connectivity index (χ0) is 16.5. The summed E-state index contributed by atoms with van der Waals surface area (Å²) in [5, 5.41) is 3.96. The van der Waals surface area contributed by atoms with E-state index in [0.717, 1.165) is 32.2 Å². The molecule has 0 unspecified atom stereocenters. The summed E-state index contributed by atoms with van der Waals surface area (Å²) in [7, 11) is 0. The Morgan fingerprint density at radius 2 is 2.00 bits per heavy atom. The highest BCUT2D eigenvalue weighted by molar-refractivity contribution is 7.21. The van der Waals surface area contributed by atoms with Crippen LogP contribution in [0.3, 0.4) is 0 Å². The standard InChI is InChI=1S/C17H15N5OS/c1-10-14(16-21-12-6-2-3-7-13(12)24-16)15(18)22-17(20-10)19-9-11-5-4-8-23-11/h2-8H,9H2,1H3,(H3,18,19,20,22). The van der Waals surface area contributed by atoms with Gasteiger partial charge in [-0.15, -0.1) is 11.3 Å². The molecule has 0 bridgehead atoms. The van der Waals surface area contributed by atoms with Crippen LogP contribution in [0.4, 0.5) is 11.8 Å². The van der Waals surface area contributed by atoms with Crippen LogP contribution < -0.4 is 11.1 Å². The van der Waals surface area contributed by atoms with Gasteiger partial charge in [-0.25, -0.2) is 9.97 Å². The fourth-order valence-electron chi connectivity index (χ4n) is 2.50. The SMILES string of the molecule is Cc1nc(NCc2ccco2)nc(N)c1-c1nc2ccccc2s1. The molecule has 4 aromatic rings. The van der Waals surface area contributed by atoms with E-state index in [-0.39, 0.29) is 0 Å². The summed E-state index contributed by atoms with van der Waals surface area (Å²) in [4.78, 5) is 13.5. The second-order valence-corrected chi connectivity index (χ2v) is 6.34. The number of aryl methyl sites for hydroxylation is 1. The Morgan fingerprint density at radius 3 is 2.75 bits per heavy atom. The first kappa shape index (κ1) is 14.6. The van der Waals surface area contributed by atoms with Crippen molar-refractivity contribution in [3.63, 3.8) is 0 Å². The van der Waals surface area contributed by atoms with Crippen molar-refractivity contribution < 1.29 is 4.42 Å². The van der Waals surface area contributed by atoms with Crippen LogP contribution in [-0.2, 0) is 6.54 Å². The van der Waals surface area contributed by atoms with Gasteiger partial charge in [-0.3, -0.25) is 0 Å². The first-order chi connectivity index (χ1) is 11.7. The molecule has 3 aromatic heterocycles. The first-order valence-corrected chi connectivity index (χ1v) is 8.28. The van der Waals surface area contributed by atoms with E-state index in [9.17, 15) is 0 Å². The van der Waals surface area contributed by atoms with Crippen LogP contribution in [0.15, 0.2) is 47.1 Å². The topological polar surface area (TPSA) is 89.9 Å². The molecule has 120 valence electrons. The van der Waals surface area contributed by atoms with Gasteiger partial charge in [0, 0.05) is 0 Å². The number of hydrogen-bond acceptors (Lipinski definition) is 7. The van der Waals surface area contributed by atoms with Crippen LogP contribution in [0.25, 0.3) is 20.8 Å². The summed E-state index contributed by atoms with van der Waals surface area (Å²) in [6.07, 6.45) is 1.63. The summed E-state index contributed by atoms with van der Waals surface area (Å²) < 4.78 is 6.40.